The van der Waals surface area contributed by atoms with E-state index < -0.39 is 37.6 Å². The topological polar surface area (TPSA) is 76.1 Å². The van der Waals surface area contributed by atoms with E-state index in [1.807, 2.05) is 13.8 Å². The normalized spacial score (nSPS) is 14.1. The summed E-state index contributed by atoms with van der Waals surface area (Å²) in [6, 6.07) is 1.97. The first-order chi connectivity index (χ1) is 11.2. The molecule has 0 radical (unpaired) electrons. The monoisotopic (exact) mass is 375 g/mol. The lowest BCUT2D eigenvalue weighted by atomic mass is 9.98. The summed E-state index contributed by atoms with van der Waals surface area (Å²) >= 11 is 0. The first-order valence-electron chi connectivity index (χ1n) is 9.11. The summed E-state index contributed by atoms with van der Waals surface area (Å²) in [6.07, 6.45) is -0.423. The highest BCUT2D eigenvalue weighted by Crippen LogP contribution is 2.31. The van der Waals surface area contributed by atoms with E-state index >= 15 is 0 Å². The smallest absolute Gasteiger partial charge is 0.410 e. The van der Waals surface area contributed by atoms with E-state index in [-0.39, 0.29) is 6.42 Å². The Hall–Kier alpha value is -1.08. The van der Waals surface area contributed by atoms with E-state index in [0.29, 0.717) is 0 Å². The number of carboxylic acids is 1. The van der Waals surface area contributed by atoms with Gasteiger partial charge in [-0.1, -0.05) is 20.8 Å². The number of amides is 1. The van der Waals surface area contributed by atoms with Crippen LogP contribution in [0.25, 0.3) is 0 Å². The van der Waals surface area contributed by atoms with Crippen LogP contribution >= 0.6 is 0 Å². The van der Waals surface area contributed by atoms with E-state index in [4.69, 9.17) is 9.16 Å². The van der Waals surface area contributed by atoms with Crippen molar-refractivity contribution in [3.8, 4) is 0 Å². The molecule has 0 aliphatic carbocycles. The molecule has 0 aromatic carbocycles. The Morgan fingerprint density at radius 1 is 1.04 bits per heavy atom. The van der Waals surface area contributed by atoms with Gasteiger partial charge in [-0.25, -0.2) is 9.59 Å². The maximum Gasteiger partial charge on any atom is 0.410 e. The molecule has 0 spiro atoms. The number of rotatable bonds is 9. The van der Waals surface area contributed by atoms with Gasteiger partial charge < -0.3 is 14.3 Å². The molecule has 1 amide bonds. The fourth-order valence-corrected chi connectivity index (χ4v) is 6.10. The summed E-state index contributed by atoms with van der Waals surface area (Å²) in [6.45, 7) is 15.5. The fourth-order valence-electron chi connectivity index (χ4n) is 2.91. The summed E-state index contributed by atoms with van der Waals surface area (Å²) in [5.41, 5.74) is -1.30. The third-order valence-corrected chi connectivity index (χ3v) is 9.40. The molecule has 0 heterocycles. The Morgan fingerprint density at radius 3 is 1.80 bits per heavy atom. The van der Waals surface area contributed by atoms with Gasteiger partial charge in [-0.2, -0.15) is 0 Å². The van der Waals surface area contributed by atoms with E-state index in [1.54, 1.807) is 20.8 Å². The first kappa shape index (κ1) is 23.9. The van der Waals surface area contributed by atoms with E-state index in [1.165, 1.54) is 7.05 Å². The molecule has 0 saturated carbocycles. The molecule has 0 rings (SSSR count). The van der Waals surface area contributed by atoms with Gasteiger partial charge in [-0.3, -0.25) is 4.90 Å². The van der Waals surface area contributed by atoms with Crippen molar-refractivity contribution in [1.82, 2.24) is 4.90 Å². The van der Waals surface area contributed by atoms with Crippen molar-refractivity contribution in [2.45, 2.75) is 97.2 Å². The van der Waals surface area contributed by atoms with Gasteiger partial charge in [0.05, 0.1) is 5.60 Å². The second-order valence-electron chi connectivity index (χ2n) is 8.25. The zero-order valence-electron chi connectivity index (χ0n) is 17.4. The minimum Gasteiger partial charge on any atom is -0.480 e. The molecule has 0 aliphatic rings. The zero-order valence-corrected chi connectivity index (χ0v) is 18.4. The zero-order chi connectivity index (χ0) is 20.1. The number of carbonyl (C=O) groups excluding carboxylic acids is 1. The molecule has 148 valence electrons. The van der Waals surface area contributed by atoms with Crippen molar-refractivity contribution >= 4 is 20.4 Å². The molecule has 0 fully saturated rings. The number of carboxylic acid groups (broad SMARTS) is 1. The Morgan fingerprint density at radius 2 is 1.48 bits per heavy atom. The van der Waals surface area contributed by atoms with Crippen LogP contribution in [0.1, 0.15) is 61.8 Å². The van der Waals surface area contributed by atoms with Gasteiger partial charge in [0.2, 0.25) is 0 Å². The van der Waals surface area contributed by atoms with E-state index in [0.717, 1.165) is 23.0 Å². The Labute approximate surface area is 154 Å². The van der Waals surface area contributed by atoms with Crippen LogP contribution in [0.4, 0.5) is 4.79 Å². The van der Waals surface area contributed by atoms with Crippen LogP contribution in [0.2, 0.25) is 18.1 Å². The summed E-state index contributed by atoms with van der Waals surface area (Å²) < 4.78 is 11.8. The van der Waals surface area contributed by atoms with Gasteiger partial charge in [0.15, 0.2) is 8.32 Å². The molecule has 1 atom stereocenters. The molecule has 0 saturated heterocycles. The second-order valence-corrected chi connectivity index (χ2v) is 12.9. The van der Waals surface area contributed by atoms with Crippen molar-refractivity contribution in [3.63, 3.8) is 0 Å². The Balaban J connectivity index is 5.30. The van der Waals surface area contributed by atoms with Gasteiger partial charge in [-0.05, 0) is 52.8 Å². The lowest BCUT2D eigenvalue weighted by molar-refractivity contribution is -0.144. The van der Waals surface area contributed by atoms with E-state index in [9.17, 15) is 14.7 Å². The van der Waals surface area contributed by atoms with Gasteiger partial charge in [0.1, 0.15) is 11.6 Å². The maximum absolute atomic E-state index is 12.3. The summed E-state index contributed by atoms with van der Waals surface area (Å²) in [5, 5.41) is 9.63. The highest BCUT2D eigenvalue weighted by molar-refractivity contribution is 6.73. The molecular weight excluding hydrogens is 338 g/mol. The maximum atomic E-state index is 12.3. The molecule has 1 N–H and O–H groups in total. The lowest BCUT2D eigenvalue weighted by Crippen LogP contribution is -2.51. The third kappa shape index (κ3) is 7.77. The molecule has 6 nitrogen and oxygen atoms in total. The van der Waals surface area contributed by atoms with Crippen LogP contribution in [0.3, 0.4) is 0 Å². The molecule has 0 aliphatic heterocycles. The van der Waals surface area contributed by atoms with Gasteiger partial charge in [0.25, 0.3) is 0 Å². The van der Waals surface area contributed by atoms with Crippen LogP contribution in [0.5, 0.6) is 0 Å². The highest BCUT2D eigenvalue weighted by atomic mass is 28.4. The molecular formula is C18H37NO5Si. The predicted molar refractivity (Wildman–Crippen MR) is 102 cm³/mol. The van der Waals surface area contributed by atoms with Crippen molar-refractivity contribution in [2.75, 3.05) is 7.05 Å². The van der Waals surface area contributed by atoms with Crippen LogP contribution in [-0.4, -0.2) is 54.7 Å². The van der Waals surface area contributed by atoms with Gasteiger partial charge in [-0.15, -0.1) is 0 Å². The van der Waals surface area contributed by atoms with Crippen LogP contribution in [0.15, 0.2) is 0 Å². The molecule has 0 unspecified atom stereocenters. The Kier molecular flexibility index (Phi) is 8.64. The van der Waals surface area contributed by atoms with Gasteiger partial charge in [0, 0.05) is 13.5 Å². The summed E-state index contributed by atoms with van der Waals surface area (Å²) in [5.74, 6) is -1.05. The Bertz CT molecular complexity index is 447. The summed E-state index contributed by atoms with van der Waals surface area (Å²) in [4.78, 5) is 25.2. The predicted octanol–water partition coefficient (Wildman–Crippen LogP) is 4.50. The fraction of sp³-hybridized carbons (Fsp3) is 0.889. The van der Waals surface area contributed by atoms with Crippen molar-refractivity contribution in [3.05, 3.63) is 0 Å². The van der Waals surface area contributed by atoms with E-state index in [2.05, 4.69) is 20.8 Å². The van der Waals surface area contributed by atoms with Crippen molar-refractivity contribution in [1.29, 1.82) is 0 Å². The number of hydrogen-bond donors (Lipinski definition) is 1. The van der Waals surface area contributed by atoms with Crippen LogP contribution in [0, 0.1) is 0 Å². The number of aliphatic carboxylic acids is 1. The SMILES string of the molecule is CC[Si](CC)(CC)OC(C)(C)C[C@@H](C(=O)O)N(C)C(=O)OC(C)(C)C. The lowest BCUT2D eigenvalue weighted by Gasteiger charge is -2.40. The van der Waals surface area contributed by atoms with Crippen LogP contribution < -0.4 is 0 Å². The standard InChI is InChI=1S/C18H37NO5Si/c1-10-25(11-2,12-3)24-18(7,8)13-14(15(20)21)19(9)16(22)23-17(4,5)6/h14H,10-13H2,1-9H3,(H,20,21)/t14-/m0/s1. The highest BCUT2D eigenvalue weighted by Gasteiger charge is 2.40. The average Bonchev–Trinajstić information content (AvgIpc) is 2.48. The van der Waals surface area contributed by atoms with Crippen LogP contribution in [-0.2, 0) is 14.0 Å². The number of nitrogens with zero attached hydrogens (tertiary/aromatic N) is 1. The number of ether oxygens (including phenoxy) is 1. The molecule has 0 bridgehead atoms. The minimum atomic E-state index is -1.88. The molecule has 0 aromatic heterocycles. The minimum absolute atomic E-state index is 0.215. The third-order valence-electron chi connectivity index (χ3n) is 4.54. The number of likely N-dealkylation sites (N-methyl/N-ethyl adjacent to an activating group) is 1. The first-order valence-corrected chi connectivity index (χ1v) is 11.6. The molecule has 25 heavy (non-hydrogen) atoms. The quantitative estimate of drug-likeness (QED) is 0.601. The largest absolute Gasteiger partial charge is 0.480 e. The number of hydrogen-bond acceptors (Lipinski definition) is 4. The summed E-state index contributed by atoms with van der Waals surface area (Å²) in [7, 11) is -0.417. The van der Waals surface area contributed by atoms with Crippen molar-refractivity contribution < 1.29 is 23.9 Å². The second kappa shape index (κ2) is 9.03. The molecule has 7 heteroatoms. The molecule has 0 aromatic rings. The van der Waals surface area contributed by atoms with Gasteiger partial charge >= 0.3 is 12.1 Å². The van der Waals surface area contributed by atoms with Crippen molar-refractivity contribution in [2.24, 2.45) is 0 Å². The number of carbonyl (C=O) groups is 2. The average molecular weight is 376 g/mol.